The third-order valence-electron chi connectivity index (χ3n) is 6.63. The molecule has 0 saturated carbocycles. The number of esters is 2. The van der Waals surface area contributed by atoms with E-state index in [4.69, 9.17) is 18.3 Å². The van der Waals surface area contributed by atoms with Gasteiger partial charge in [-0.05, 0) is 105 Å². The van der Waals surface area contributed by atoms with Crippen LogP contribution in [0.1, 0.15) is 52.4 Å². The highest BCUT2D eigenvalue weighted by atomic mass is 28.4. The number of unbranched alkanes of at least 4 members (excludes halogenated alkanes) is 2. The largest absolute Gasteiger partial charge is 0.461 e. The maximum Gasteiger partial charge on any atom is 0.333 e. The maximum atomic E-state index is 11.4. The minimum atomic E-state index is -1.69. The number of rotatable bonds is 20. The van der Waals surface area contributed by atoms with E-state index in [-0.39, 0.29) is 11.9 Å². The van der Waals surface area contributed by atoms with E-state index < -0.39 is 16.6 Å². The van der Waals surface area contributed by atoms with Crippen molar-refractivity contribution in [3.63, 3.8) is 0 Å². The average Bonchev–Trinajstić information content (AvgIpc) is 3.44. The lowest BCUT2D eigenvalue weighted by atomic mass is 10.3. The molecule has 0 unspecified atom stereocenters. The van der Waals surface area contributed by atoms with Gasteiger partial charge in [-0.2, -0.15) is 0 Å². The van der Waals surface area contributed by atoms with Crippen molar-refractivity contribution in [1.82, 2.24) is 9.80 Å². The van der Waals surface area contributed by atoms with Crippen molar-refractivity contribution in [2.45, 2.75) is 90.6 Å². The zero-order chi connectivity index (χ0) is 30.6. The first-order valence-electron chi connectivity index (χ1n) is 15.0. The smallest absolute Gasteiger partial charge is 0.333 e. The second kappa shape index (κ2) is 21.4. The van der Waals surface area contributed by atoms with Crippen LogP contribution in [0, 0.1) is 0 Å². The molecule has 0 N–H and O–H groups in total. The molecule has 0 bridgehead atoms. The molecule has 8 nitrogen and oxygen atoms in total. The summed E-state index contributed by atoms with van der Waals surface area (Å²) in [7, 11) is 0.760. The van der Waals surface area contributed by atoms with Crippen LogP contribution in [0.2, 0.25) is 38.3 Å². The highest BCUT2D eigenvalue weighted by molar-refractivity contribution is 6.84. The summed E-state index contributed by atoms with van der Waals surface area (Å²) >= 11 is 0. The second-order valence-electron chi connectivity index (χ2n) is 12.3. The van der Waals surface area contributed by atoms with Crippen molar-refractivity contribution >= 4 is 28.6 Å². The van der Waals surface area contributed by atoms with Crippen LogP contribution in [0.15, 0.2) is 24.3 Å². The Hall–Kier alpha value is -1.31. The maximum absolute atomic E-state index is 11.4. The van der Waals surface area contributed by atoms with E-state index in [0.29, 0.717) is 24.4 Å². The molecule has 40 heavy (non-hydrogen) atoms. The molecular weight excluding hydrogens is 541 g/mol. The summed E-state index contributed by atoms with van der Waals surface area (Å²) < 4.78 is 22.1. The van der Waals surface area contributed by atoms with Crippen LogP contribution in [0.3, 0.4) is 0 Å². The number of nitrogens with zero attached hydrogens (tertiary/aromatic N) is 2. The van der Waals surface area contributed by atoms with Gasteiger partial charge in [-0.25, -0.2) is 9.59 Å². The van der Waals surface area contributed by atoms with Gasteiger partial charge in [0.1, 0.15) is 13.2 Å². The van der Waals surface area contributed by atoms with Crippen LogP contribution in [-0.4, -0.2) is 105 Å². The molecule has 0 spiro atoms. The van der Waals surface area contributed by atoms with Gasteiger partial charge in [0.05, 0.1) is 0 Å². The van der Waals surface area contributed by atoms with Crippen molar-refractivity contribution in [1.29, 1.82) is 0 Å². The zero-order valence-electron chi connectivity index (χ0n) is 27.1. The highest BCUT2D eigenvalue weighted by Gasteiger charge is 2.32. The number of likely N-dealkylation sites (N-methyl/N-ethyl adjacent to an activating group) is 2. The Morgan fingerprint density at radius 2 is 1.07 bits per heavy atom. The molecule has 0 aromatic heterocycles. The van der Waals surface area contributed by atoms with E-state index in [9.17, 15) is 9.59 Å². The van der Waals surface area contributed by atoms with Crippen LogP contribution < -0.4 is 0 Å². The number of hydrogen-bond acceptors (Lipinski definition) is 8. The van der Waals surface area contributed by atoms with Crippen molar-refractivity contribution in [3.05, 3.63) is 24.3 Å². The van der Waals surface area contributed by atoms with Crippen molar-refractivity contribution < 1.29 is 27.9 Å². The molecule has 1 fully saturated rings. The molecule has 10 heteroatoms. The van der Waals surface area contributed by atoms with Gasteiger partial charge < -0.3 is 28.1 Å². The Labute approximate surface area is 247 Å². The monoisotopic (exact) mass is 600 g/mol. The topological polar surface area (TPSA) is 77.5 Å². The van der Waals surface area contributed by atoms with Gasteiger partial charge in [0.2, 0.25) is 0 Å². The van der Waals surface area contributed by atoms with Crippen molar-refractivity contribution in [3.8, 4) is 0 Å². The quantitative estimate of drug-likeness (QED) is 0.0743. The molecule has 1 saturated heterocycles. The van der Waals surface area contributed by atoms with Crippen LogP contribution >= 0.6 is 0 Å². The molecule has 1 aliphatic heterocycles. The van der Waals surface area contributed by atoms with Crippen LogP contribution in [-0.2, 0) is 27.9 Å². The molecule has 0 aliphatic carbocycles. The third kappa shape index (κ3) is 22.4. The molecule has 0 aromatic carbocycles. The van der Waals surface area contributed by atoms with Crippen LogP contribution in [0.25, 0.3) is 0 Å². The average molecular weight is 601 g/mol. The molecular formula is C30H60N2O6Si2. The SMILES string of the molecule is C1CCOC1.C=C(C)C(=O)OCCN(C)CCCC[Si](C)(C)O[Si](C)(C)CCCCN(C)CCOC(=O)C(=C)C. The molecule has 1 heterocycles. The fraction of sp³-hybridized carbons (Fsp3) is 0.800. The standard InChI is InChI=1S/C26H52N2O5Si2.C4H8O/c1-23(2)25(29)31-19-17-27(5)15-11-13-21-34(7,8)33-35(9,10)22-14-12-16-28(6)18-20-32-26(30)24(3)4;1-2-4-5-3-1/h1,3,11-22H2,2,4-10H3;1-4H2. The van der Waals surface area contributed by atoms with Crippen molar-refractivity contribution in [2.75, 3.05) is 66.7 Å². The van der Waals surface area contributed by atoms with E-state index >= 15 is 0 Å². The molecule has 0 atom stereocenters. The molecule has 0 amide bonds. The first kappa shape index (κ1) is 38.7. The van der Waals surface area contributed by atoms with Gasteiger partial charge in [-0.3, -0.25) is 0 Å². The zero-order valence-corrected chi connectivity index (χ0v) is 29.1. The second-order valence-corrected chi connectivity index (χ2v) is 21.1. The van der Waals surface area contributed by atoms with E-state index in [1.807, 2.05) is 0 Å². The Bertz CT molecular complexity index is 693. The lowest BCUT2D eigenvalue weighted by Gasteiger charge is -2.34. The van der Waals surface area contributed by atoms with Gasteiger partial charge in [-0.15, -0.1) is 0 Å². The predicted molar refractivity (Wildman–Crippen MR) is 171 cm³/mol. The predicted octanol–water partition coefficient (Wildman–Crippen LogP) is 5.87. The summed E-state index contributed by atoms with van der Waals surface area (Å²) in [6.45, 7) is 26.2. The highest BCUT2D eigenvalue weighted by Crippen LogP contribution is 2.25. The number of hydrogen-bond donors (Lipinski definition) is 0. The minimum Gasteiger partial charge on any atom is -0.461 e. The van der Waals surface area contributed by atoms with Gasteiger partial charge in [-0.1, -0.05) is 26.0 Å². The minimum absolute atomic E-state index is 0.316. The Kier molecular flexibility index (Phi) is 20.7. The van der Waals surface area contributed by atoms with Crippen LogP contribution in [0.5, 0.6) is 0 Å². The number of carbonyl (C=O) groups is 2. The normalized spacial score (nSPS) is 13.7. The van der Waals surface area contributed by atoms with Gasteiger partial charge in [0, 0.05) is 37.4 Å². The summed E-state index contributed by atoms with van der Waals surface area (Å²) in [6, 6.07) is 2.35. The summed E-state index contributed by atoms with van der Waals surface area (Å²) in [5.74, 6) is -0.632. The number of carbonyl (C=O) groups excluding carboxylic acids is 2. The first-order chi connectivity index (χ1) is 18.6. The fourth-order valence-corrected chi connectivity index (χ4v) is 13.3. The van der Waals surface area contributed by atoms with Gasteiger partial charge in [0.25, 0.3) is 0 Å². The first-order valence-corrected chi connectivity index (χ1v) is 21.2. The van der Waals surface area contributed by atoms with E-state index in [1.165, 1.54) is 37.8 Å². The summed E-state index contributed by atoms with van der Waals surface area (Å²) in [6.07, 6.45) is 7.14. The lowest BCUT2D eigenvalue weighted by molar-refractivity contribution is -0.140. The summed E-state index contributed by atoms with van der Waals surface area (Å²) in [5, 5.41) is 0. The fourth-order valence-electron chi connectivity index (χ4n) is 4.28. The van der Waals surface area contributed by atoms with E-state index in [1.54, 1.807) is 13.8 Å². The Morgan fingerprint density at radius 3 is 1.38 bits per heavy atom. The third-order valence-corrected chi connectivity index (χ3v) is 14.2. The Balaban J connectivity index is 0.00000271. The van der Waals surface area contributed by atoms with Crippen LogP contribution in [0.4, 0.5) is 0 Å². The molecule has 234 valence electrons. The lowest BCUT2D eigenvalue weighted by Crippen LogP contribution is -2.44. The summed E-state index contributed by atoms with van der Waals surface area (Å²) in [5.41, 5.74) is 0.884. The molecule has 1 rings (SSSR count). The van der Waals surface area contributed by atoms with Crippen molar-refractivity contribution in [2.24, 2.45) is 0 Å². The Morgan fingerprint density at radius 1 is 0.700 bits per heavy atom. The van der Waals surface area contributed by atoms with E-state index in [2.05, 4.69) is 63.2 Å². The molecule has 0 aromatic rings. The molecule has 0 radical (unpaired) electrons. The van der Waals surface area contributed by atoms with E-state index in [0.717, 1.165) is 52.2 Å². The van der Waals surface area contributed by atoms with Gasteiger partial charge >= 0.3 is 11.9 Å². The molecule has 1 aliphatic rings. The summed E-state index contributed by atoms with van der Waals surface area (Å²) in [4.78, 5) is 27.3. The van der Waals surface area contributed by atoms with Gasteiger partial charge in [0.15, 0.2) is 16.6 Å². The number of ether oxygens (including phenoxy) is 3.